The van der Waals surface area contributed by atoms with Crippen LogP contribution >= 0.6 is 0 Å². The SMILES string of the molecule is Cc1ccc2[nH]nc(C(=O)Nc3ccc(N(C)C)cc3)c2c1. The molecule has 0 saturated heterocycles. The summed E-state index contributed by atoms with van der Waals surface area (Å²) in [5, 5.41) is 10.7. The number of aromatic nitrogens is 2. The molecule has 1 aromatic heterocycles. The number of nitrogens with one attached hydrogen (secondary N) is 2. The molecule has 2 aromatic carbocycles. The van der Waals surface area contributed by atoms with Crippen molar-refractivity contribution < 1.29 is 4.79 Å². The fourth-order valence-electron chi connectivity index (χ4n) is 2.33. The molecule has 3 rings (SSSR count). The van der Waals surface area contributed by atoms with Crippen molar-refractivity contribution in [3.05, 3.63) is 53.7 Å². The topological polar surface area (TPSA) is 61.0 Å². The Morgan fingerprint density at radius 1 is 1.14 bits per heavy atom. The number of aryl methyl sites for hydroxylation is 1. The summed E-state index contributed by atoms with van der Waals surface area (Å²) in [6.45, 7) is 1.99. The number of carbonyl (C=O) groups is 1. The number of aromatic amines is 1. The zero-order chi connectivity index (χ0) is 15.7. The molecule has 0 aliphatic rings. The van der Waals surface area contributed by atoms with Gasteiger partial charge < -0.3 is 10.2 Å². The van der Waals surface area contributed by atoms with E-state index < -0.39 is 0 Å². The Labute approximate surface area is 128 Å². The summed E-state index contributed by atoms with van der Waals surface area (Å²) in [5.74, 6) is -0.213. The number of carbonyl (C=O) groups excluding carboxylic acids is 1. The van der Waals surface area contributed by atoms with E-state index in [4.69, 9.17) is 0 Å². The van der Waals surface area contributed by atoms with Crippen LogP contribution in [0.15, 0.2) is 42.5 Å². The van der Waals surface area contributed by atoms with Crippen LogP contribution in [0.2, 0.25) is 0 Å². The van der Waals surface area contributed by atoms with Gasteiger partial charge in [0.05, 0.1) is 5.52 Å². The van der Waals surface area contributed by atoms with E-state index in [1.54, 1.807) is 0 Å². The minimum absolute atomic E-state index is 0.213. The zero-order valence-corrected chi connectivity index (χ0v) is 12.8. The minimum Gasteiger partial charge on any atom is -0.378 e. The van der Waals surface area contributed by atoms with Crippen LogP contribution in [0.4, 0.5) is 11.4 Å². The van der Waals surface area contributed by atoms with E-state index in [0.29, 0.717) is 5.69 Å². The van der Waals surface area contributed by atoms with E-state index in [0.717, 1.165) is 27.8 Å². The van der Waals surface area contributed by atoms with E-state index in [1.165, 1.54) is 0 Å². The van der Waals surface area contributed by atoms with Crippen LogP contribution in [0, 0.1) is 6.92 Å². The van der Waals surface area contributed by atoms with Crippen LogP contribution in [-0.4, -0.2) is 30.2 Å². The van der Waals surface area contributed by atoms with Crippen molar-refractivity contribution in [2.45, 2.75) is 6.92 Å². The molecular weight excluding hydrogens is 276 g/mol. The van der Waals surface area contributed by atoms with E-state index in [1.807, 2.05) is 68.4 Å². The third-order valence-electron chi connectivity index (χ3n) is 3.57. The lowest BCUT2D eigenvalue weighted by atomic mass is 10.1. The summed E-state index contributed by atoms with van der Waals surface area (Å²) < 4.78 is 0. The van der Waals surface area contributed by atoms with Gasteiger partial charge in [-0.25, -0.2) is 0 Å². The summed E-state index contributed by atoms with van der Waals surface area (Å²) in [6, 6.07) is 13.6. The lowest BCUT2D eigenvalue weighted by Crippen LogP contribution is -2.13. The van der Waals surface area contributed by atoms with Crippen molar-refractivity contribution in [3.8, 4) is 0 Å². The van der Waals surface area contributed by atoms with Crippen LogP contribution < -0.4 is 10.2 Å². The Morgan fingerprint density at radius 3 is 2.55 bits per heavy atom. The predicted octanol–water partition coefficient (Wildman–Crippen LogP) is 3.19. The number of anilines is 2. The maximum atomic E-state index is 12.4. The number of amides is 1. The maximum Gasteiger partial charge on any atom is 0.276 e. The molecule has 0 radical (unpaired) electrons. The number of fused-ring (bicyclic) bond motifs is 1. The van der Waals surface area contributed by atoms with Gasteiger partial charge in [-0.3, -0.25) is 9.89 Å². The lowest BCUT2D eigenvalue weighted by Gasteiger charge is -2.12. The highest BCUT2D eigenvalue weighted by molar-refractivity contribution is 6.11. The van der Waals surface area contributed by atoms with Crippen LogP contribution in [0.5, 0.6) is 0 Å². The van der Waals surface area contributed by atoms with Crippen molar-refractivity contribution in [1.29, 1.82) is 0 Å². The molecule has 0 atom stereocenters. The normalized spacial score (nSPS) is 10.7. The average molecular weight is 294 g/mol. The van der Waals surface area contributed by atoms with Crippen molar-refractivity contribution in [2.75, 3.05) is 24.3 Å². The highest BCUT2D eigenvalue weighted by Gasteiger charge is 2.14. The van der Waals surface area contributed by atoms with Crippen LogP contribution in [0.1, 0.15) is 16.1 Å². The summed E-state index contributed by atoms with van der Waals surface area (Å²) in [6.07, 6.45) is 0. The molecule has 0 saturated carbocycles. The molecule has 1 heterocycles. The highest BCUT2D eigenvalue weighted by Crippen LogP contribution is 2.20. The van der Waals surface area contributed by atoms with Crippen molar-refractivity contribution in [2.24, 2.45) is 0 Å². The second-order valence-corrected chi connectivity index (χ2v) is 5.52. The number of benzene rings is 2. The highest BCUT2D eigenvalue weighted by atomic mass is 16.1. The maximum absolute atomic E-state index is 12.4. The molecule has 3 aromatic rings. The first kappa shape index (κ1) is 14.1. The average Bonchev–Trinajstić information content (AvgIpc) is 2.90. The standard InChI is InChI=1S/C17H18N4O/c1-11-4-9-15-14(10-11)16(20-19-15)17(22)18-12-5-7-13(8-6-12)21(2)3/h4-10H,1-3H3,(H,18,22)(H,19,20). The molecule has 0 aliphatic heterocycles. The van der Waals surface area contributed by atoms with Gasteiger partial charge in [-0.1, -0.05) is 11.6 Å². The number of hydrogen-bond donors (Lipinski definition) is 2. The van der Waals surface area contributed by atoms with Gasteiger partial charge in [-0.15, -0.1) is 0 Å². The van der Waals surface area contributed by atoms with E-state index in [2.05, 4.69) is 15.5 Å². The molecule has 5 nitrogen and oxygen atoms in total. The summed E-state index contributed by atoms with van der Waals surface area (Å²) in [4.78, 5) is 14.4. The van der Waals surface area contributed by atoms with Gasteiger partial charge in [-0.2, -0.15) is 5.10 Å². The number of H-pyrrole nitrogens is 1. The van der Waals surface area contributed by atoms with E-state index >= 15 is 0 Å². The second kappa shape index (κ2) is 5.52. The van der Waals surface area contributed by atoms with E-state index in [9.17, 15) is 4.79 Å². The first-order chi connectivity index (χ1) is 10.5. The zero-order valence-electron chi connectivity index (χ0n) is 12.8. The molecule has 2 N–H and O–H groups in total. The van der Waals surface area contributed by atoms with Crippen LogP contribution in [0.3, 0.4) is 0 Å². The number of hydrogen-bond acceptors (Lipinski definition) is 3. The van der Waals surface area contributed by atoms with E-state index in [-0.39, 0.29) is 5.91 Å². The third-order valence-corrected chi connectivity index (χ3v) is 3.57. The van der Waals surface area contributed by atoms with Gasteiger partial charge in [0.25, 0.3) is 5.91 Å². The third kappa shape index (κ3) is 2.65. The molecule has 5 heteroatoms. The predicted molar refractivity (Wildman–Crippen MR) is 89.6 cm³/mol. The Kier molecular flexibility index (Phi) is 3.55. The first-order valence-corrected chi connectivity index (χ1v) is 7.08. The molecule has 0 spiro atoms. The molecule has 0 unspecified atom stereocenters. The number of rotatable bonds is 3. The Morgan fingerprint density at radius 2 is 1.86 bits per heavy atom. The first-order valence-electron chi connectivity index (χ1n) is 7.08. The second-order valence-electron chi connectivity index (χ2n) is 5.52. The Bertz CT molecular complexity index is 818. The van der Waals surface area contributed by atoms with Crippen molar-refractivity contribution in [3.63, 3.8) is 0 Å². The fraction of sp³-hybridized carbons (Fsp3) is 0.176. The van der Waals surface area contributed by atoms with Crippen molar-refractivity contribution in [1.82, 2.24) is 10.2 Å². The van der Waals surface area contributed by atoms with Gasteiger partial charge in [0.15, 0.2) is 5.69 Å². The molecule has 0 bridgehead atoms. The van der Waals surface area contributed by atoms with Gasteiger partial charge in [0.1, 0.15) is 0 Å². The molecule has 1 amide bonds. The van der Waals surface area contributed by atoms with Gasteiger partial charge >= 0.3 is 0 Å². The van der Waals surface area contributed by atoms with Gasteiger partial charge in [0, 0.05) is 30.9 Å². The van der Waals surface area contributed by atoms with Crippen LogP contribution in [-0.2, 0) is 0 Å². The summed E-state index contributed by atoms with van der Waals surface area (Å²) in [7, 11) is 3.96. The minimum atomic E-state index is -0.213. The van der Waals surface area contributed by atoms with Crippen molar-refractivity contribution >= 4 is 28.2 Å². The Balaban J connectivity index is 1.85. The Hall–Kier alpha value is -2.82. The molecule has 112 valence electrons. The quantitative estimate of drug-likeness (QED) is 0.780. The van der Waals surface area contributed by atoms with Crippen LogP contribution in [0.25, 0.3) is 10.9 Å². The van der Waals surface area contributed by atoms with Gasteiger partial charge in [0.2, 0.25) is 0 Å². The monoisotopic (exact) mass is 294 g/mol. The molecule has 0 aliphatic carbocycles. The lowest BCUT2D eigenvalue weighted by molar-refractivity contribution is 0.102. The number of nitrogens with zero attached hydrogens (tertiary/aromatic N) is 2. The smallest absolute Gasteiger partial charge is 0.276 e. The molecular formula is C17H18N4O. The fourth-order valence-corrected chi connectivity index (χ4v) is 2.33. The molecule has 22 heavy (non-hydrogen) atoms. The van der Waals surface area contributed by atoms with Gasteiger partial charge in [-0.05, 0) is 43.3 Å². The summed E-state index contributed by atoms with van der Waals surface area (Å²) >= 11 is 0. The molecule has 0 fully saturated rings. The summed E-state index contributed by atoms with van der Waals surface area (Å²) in [5.41, 5.74) is 4.20. The largest absolute Gasteiger partial charge is 0.378 e.